The number of carbonyl (C=O) groups is 1. The van der Waals surface area contributed by atoms with Gasteiger partial charge in [0.2, 0.25) is 11.7 Å². The van der Waals surface area contributed by atoms with Crippen LogP contribution in [0.4, 0.5) is 0 Å². The van der Waals surface area contributed by atoms with Gasteiger partial charge in [0.1, 0.15) is 6.54 Å². The van der Waals surface area contributed by atoms with Crippen LogP contribution in [0.15, 0.2) is 24.3 Å². The van der Waals surface area contributed by atoms with E-state index in [0.29, 0.717) is 10.8 Å². The van der Waals surface area contributed by atoms with Gasteiger partial charge in [-0.25, -0.2) is 0 Å². The van der Waals surface area contributed by atoms with Crippen LogP contribution in [-0.4, -0.2) is 32.2 Å². The standard InChI is InChI=1S/C16H20ClN5O/c1-11-2-8-14(9-3-11)18-15(23)10-22-20-16(19-21-22)12-4-6-13(17)7-5-12/h4-7,11,14H,2-3,8-10H2,1H3,(H,18,23). The van der Waals surface area contributed by atoms with Crippen molar-refractivity contribution >= 4 is 17.5 Å². The lowest BCUT2D eigenvalue weighted by Gasteiger charge is -2.26. The second-order valence-electron chi connectivity index (χ2n) is 6.17. The van der Waals surface area contributed by atoms with Gasteiger partial charge < -0.3 is 5.32 Å². The Kier molecular flexibility index (Phi) is 4.91. The Balaban J connectivity index is 1.56. The lowest BCUT2D eigenvalue weighted by Crippen LogP contribution is -2.39. The molecule has 1 aromatic carbocycles. The van der Waals surface area contributed by atoms with Gasteiger partial charge in [0.15, 0.2) is 0 Å². The van der Waals surface area contributed by atoms with Gasteiger partial charge in [-0.05, 0) is 61.1 Å². The molecule has 7 heteroatoms. The van der Waals surface area contributed by atoms with Crippen molar-refractivity contribution in [3.05, 3.63) is 29.3 Å². The van der Waals surface area contributed by atoms with Gasteiger partial charge in [-0.2, -0.15) is 4.80 Å². The van der Waals surface area contributed by atoms with Crippen LogP contribution in [0.25, 0.3) is 11.4 Å². The van der Waals surface area contributed by atoms with E-state index >= 15 is 0 Å². The first-order valence-corrected chi connectivity index (χ1v) is 8.31. The zero-order chi connectivity index (χ0) is 16.2. The molecule has 122 valence electrons. The van der Waals surface area contributed by atoms with Gasteiger partial charge in [-0.3, -0.25) is 4.79 Å². The molecule has 1 saturated carbocycles. The maximum atomic E-state index is 12.1. The van der Waals surface area contributed by atoms with Crippen molar-refractivity contribution in [2.24, 2.45) is 5.92 Å². The third-order valence-corrected chi connectivity index (χ3v) is 4.47. The zero-order valence-corrected chi connectivity index (χ0v) is 13.8. The number of aromatic nitrogens is 4. The fourth-order valence-electron chi connectivity index (χ4n) is 2.83. The van der Waals surface area contributed by atoms with Gasteiger partial charge in [-0.15, -0.1) is 10.2 Å². The second-order valence-corrected chi connectivity index (χ2v) is 6.61. The van der Waals surface area contributed by atoms with Gasteiger partial charge in [0, 0.05) is 16.6 Å². The van der Waals surface area contributed by atoms with Crippen molar-refractivity contribution in [2.75, 3.05) is 0 Å². The van der Waals surface area contributed by atoms with E-state index in [2.05, 4.69) is 27.7 Å². The number of hydrogen-bond donors (Lipinski definition) is 1. The van der Waals surface area contributed by atoms with Crippen LogP contribution in [0, 0.1) is 5.92 Å². The Hall–Kier alpha value is -1.95. The Morgan fingerprint density at radius 3 is 2.65 bits per heavy atom. The summed E-state index contributed by atoms with van der Waals surface area (Å²) in [5.41, 5.74) is 0.822. The van der Waals surface area contributed by atoms with Gasteiger partial charge in [0.05, 0.1) is 0 Å². The topological polar surface area (TPSA) is 72.7 Å². The summed E-state index contributed by atoms with van der Waals surface area (Å²) in [6.07, 6.45) is 4.45. The highest BCUT2D eigenvalue weighted by molar-refractivity contribution is 6.30. The average Bonchev–Trinajstić information content (AvgIpc) is 2.98. The molecule has 0 unspecified atom stereocenters. The summed E-state index contributed by atoms with van der Waals surface area (Å²) < 4.78 is 0. The first kappa shape index (κ1) is 15.9. The summed E-state index contributed by atoms with van der Waals surface area (Å²) >= 11 is 5.86. The number of rotatable bonds is 4. The molecule has 0 aliphatic heterocycles. The van der Waals surface area contributed by atoms with Crippen molar-refractivity contribution in [3.63, 3.8) is 0 Å². The fourth-order valence-corrected chi connectivity index (χ4v) is 2.96. The minimum absolute atomic E-state index is 0.0652. The minimum atomic E-state index is -0.0652. The van der Waals surface area contributed by atoms with Crippen LogP contribution in [-0.2, 0) is 11.3 Å². The molecule has 0 bridgehead atoms. The van der Waals surface area contributed by atoms with E-state index in [1.165, 1.54) is 17.6 Å². The van der Waals surface area contributed by atoms with E-state index in [0.717, 1.165) is 24.3 Å². The molecule has 0 radical (unpaired) electrons. The number of amides is 1. The molecule has 0 spiro atoms. The monoisotopic (exact) mass is 333 g/mol. The van der Waals surface area contributed by atoms with Crippen LogP contribution in [0.2, 0.25) is 5.02 Å². The third-order valence-electron chi connectivity index (χ3n) is 4.22. The number of halogens is 1. The summed E-state index contributed by atoms with van der Waals surface area (Å²) in [6, 6.07) is 7.47. The van der Waals surface area contributed by atoms with Gasteiger partial charge in [0.25, 0.3) is 0 Å². The number of nitrogens with one attached hydrogen (secondary N) is 1. The van der Waals surface area contributed by atoms with Crippen molar-refractivity contribution in [3.8, 4) is 11.4 Å². The predicted octanol–water partition coefficient (Wildman–Crippen LogP) is 2.69. The fraction of sp³-hybridized carbons (Fsp3) is 0.500. The normalized spacial score (nSPS) is 21.1. The predicted molar refractivity (Wildman–Crippen MR) is 87.8 cm³/mol. The maximum Gasteiger partial charge on any atom is 0.243 e. The molecule has 1 heterocycles. The summed E-state index contributed by atoms with van der Waals surface area (Å²) in [7, 11) is 0. The van der Waals surface area contributed by atoms with Crippen molar-refractivity contribution in [2.45, 2.75) is 45.2 Å². The molecule has 1 fully saturated rings. The molecule has 23 heavy (non-hydrogen) atoms. The van der Waals surface area contributed by atoms with Gasteiger partial charge in [-0.1, -0.05) is 18.5 Å². The Morgan fingerprint density at radius 1 is 1.26 bits per heavy atom. The first-order chi connectivity index (χ1) is 11.1. The molecular weight excluding hydrogens is 314 g/mol. The molecule has 0 atom stereocenters. The second kappa shape index (κ2) is 7.08. The summed E-state index contributed by atoms with van der Waals surface area (Å²) in [5.74, 6) is 1.19. The molecular formula is C16H20ClN5O. The molecule has 2 aromatic rings. The molecule has 6 nitrogen and oxygen atoms in total. The van der Waals surface area contributed by atoms with Crippen molar-refractivity contribution < 1.29 is 4.79 Å². The summed E-state index contributed by atoms with van der Waals surface area (Å²) in [4.78, 5) is 13.4. The average molecular weight is 334 g/mol. The lowest BCUT2D eigenvalue weighted by atomic mass is 9.87. The number of carbonyl (C=O) groups excluding carboxylic acids is 1. The molecule has 1 N–H and O–H groups in total. The number of nitrogens with zero attached hydrogens (tertiary/aromatic N) is 4. The van der Waals surface area contributed by atoms with Crippen LogP contribution in [0.1, 0.15) is 32.6 Å². The Bertz CT molecular complexity index is 661. The SMILES string of the molecule is CC1CCC(NC(=O)Cn2nnc(-c3ccc(Cl)cc3)n2)CC1. The molecule has 1 aliphatic rings. The van der Waals surface area contributed by atoms with Gasteiger partial charge >= 0.3 is 0 Å². The Morgan fingerprint density at radius 2 is 1.96 bits per heavy atom. The highest BCUT2D eigenvalue weighted by Gasteiger charge is 2.20. The molecule has 1 aromatic heterocycles. The van der Waals surface area contributed by atoms with E-state index in [-0.39, 0.29) is 18.5 Å². The summed E-state index contributed by atoms with van der Waals surface area (Å²) in [6.45, 7) is 2.35. The van der Waals surface area contributed by atoms with E-state index in [1.54, 1.807) is 12.1 Å². The number of hydrogen-bond acceptors (Lipinski definition) is 4. The van der Waals surface area contributed by atoms with E-state index in [9.17, 15) is 4.79 Å². The third kappa shape index (κ3) is 4.28. The minimum Gasteiger partial charge on any atom is -0.352 e. The van der Waals surface area contributed by atoms with E-state index in [4.69, 9.17) is 11.6 Å². The largest absolute Gasteiger partial charge is 0.352 e. The molecule has 1 aliphatic carbocycles. The van der Waals surface area contributed by atoms with Crippen LogP contribution >= 0.6 is 11.6 Å². The van der Waals surface area contributed by atoms with Crippen LogP contribution in [0.3, 0.4) is 0 Å². The van der Waals surface area contributed by atoms with Crippen molar-refractivity contribution in [1.82, 2.24) is 25.5 Å². The molecule has 1 amide bonds. The highest BCUT2D eigenvalue weighted by Crippen LogP contribution is 2.23. The van der Waals surface area contributed by atoms with Crippen molar-refractivity contribution in [1.29, 1.82) is 0 Å². The zero-order valence-electron chi connectivity index (χ0n) is 13.1. The van der Waals surface area contributed by atoms with Crippen LogP contribution in [0.5, 0.6) is 0 Å². The van der Waals surface area contributed by atoms with E-state index in [1.807, 2.05) is 12.1 Å². The maximum absolute atomic E-state index is 12.1. The quantitative estimate of drug-likeness (QED) is 0.933. The highest BCUT2D eigenvalue weighted by atomic mass is 35.5. The summed E-state index contributed by atoms with van der Waals surface area (Å²) in [5, 5.41) is 15.9. The Labute approximate surface area is 140 Å². The number of benzene rings is 1. The van der Waals surface area contributed by atoms with Crippen LogP contribution < -0.4 is 5.32 Å². The smallest absolute Gasteiger partial charge is 0.243 e. The number of tetrazole rings is 1. The molecule has 0 saturated heterocycles. The molecule has 3 rings (SSSR count). The first-order valence-electron chi connectivity index (χ1n) is 7.93. The van der Waals surface area contributed by atoms with E-state index < -0.39 is 0 Å². The lowest BCUT2D eigenvalue weighted by molar-refractivity contribution is -0.123.